The molecule has 18 heavy (non-hydrogen) atoms. The summed E-state index contributed by atoms with van der Waals surface area (Å²) in [5.74, 6) is 0.255. The maximum atomic E-state index is 11.6. The molecule has 0 fully saturated rings. The van der Waals surface area contributed by atoms with E-state index in [9.17, 15) is 4.79 Å². The van der Waals surface area contributed by atoms with E-state index < -0.39 is 0 Å². The second kappa shape index (κ2) is 7.33. The molecule has 1 aromatic rings. The van der Waals surface area contributed by atoms with E-state index in [0.29, 0.717) is 18.7 Å². The average Bonchev–Trinajstić information content (AvgIpc) is 2.31. The van der Waals surface area contributed by atoms with E-state index in [1.54, 1.807) is 12.1 Å². The Bertz CT molecular complexity index is 412. The third-order valence-electron chi connectivity index (χ3n) is 2.53. The Labute approximate surface area is 115 Å². The fourth-order valence-electron chi connectivity index (χ4n) is 1.42. The van der Waals surface area contributed by atoms with Gasteiger partial charge in [0.15, 0.2) is 0 Å². The SMILES string of the molecule is Cc1nc(Br)ccc1NC(=O)NCC(C)CCO. The highest BCUT2D eigenvalue weighted by Gasteiger charge is 2.07. The molecule has 0 aliphatic heterocycles. The summed E-state index contributed by atoms with van der Waals surface area (Å²) in [4.78, 5) is 15.8. The van der Waals surface area contributed by atoms with Gasteiger partial charge in [0.2, 0.25) is 0 Å². The van der Waals surface area contributed by atoms with Crippen molar-refractivity contribution < 1.29 is 9.90 Å². The van der Waals surface area contributed by atoms with E-state index in [-0.39, 0.29) is 18.6 Å². The summed E-state index contributed by atoms with van der Waals surface area (Å²) in [5, 5.41) is 14.3. The van der Waals surface area contributed by atoms with Crippen LogP contribution in [0.25, 0.3) is 0 Å². The number of hydrogen-bond acceptors (Lipinski definition) is 3. The number of aliphatic hydroxyl groups excluding tert-OH is 1. The smallest absolute Gasteiger partial charge is 0.319 e. The first-order valence-corrected chi connectivity index (χ1v) is 6.61. The molecule has 5 nitrogen and oxygen atoms in total. The summed E-state index contributed by atoms with van der Waals surface area (Å²) < 4.78 is 0.738. The number of nitrogens with one attached hydrogen (secondary N) is 2. The molecule has 6 heteroatoms. The van der Waals surface area contributed by atoms with Crippen LogP contribution < -0.4 is 10.6 Å². The Balaban J connectivity index is 2.44. The van der Waals surface area contributed by atoms with Crippen molar-refractivity contribution in [1.29, 1.82) is 0 Å². The van der Waals surface area contributed by atoms with Crippen LogP contribution in [-0.4, -0.2) is 29.3 Å². The lowest BCUT2D eigenvalue weighted by molar-refractivity contribution is 0.243. The van der Waals surface area contributed by atoms with Crippen molar-refractivity contribution in [2.75, 3.05) is 18.5 Å². The van der Waals surface area contributed by atoms with Gasteiger partial charge in [-0.15, -0.1) is 0 Å². The van der Waals surface area contributed by atoms with Gasteiger partial charge in [-0.1, -0.05) is 6.92 Å². The van der Waals surface area contributed by atoms with Crippen molar-refractivity contribution in [1.82, 2.24) is 10.3 Å². The van der Waals surface area contributed by atoms with Crippen molar-refractivity contribution in [3.63, 3.8) is 0 Å². The van der Waals surface area contributed by atoms with Crippen LogP contribution in [-0.2, 0) is 0 Å². The molecule has 1 unspecified atom stereocenters. The van der Waals surface area contributed by atoms with Crippen molar-refractivity contribution >= 4 is 27.6 Å². The minimum Gasteiger partial charge on any atom is -0.396 e. The van der Waals surface area contributed by atoms with Gasteiger partial charge in [0.05, 0.1) is 11.4 Å². The fraction of sp³-hybridized carbons (Fsp3) is 0.500. The van der Waals surface area contributed by atoms with Gasteiger partial charge < -0.3 is 15.7 Å². The van der Waals surface area contributed by atoms with Gasteiger partial charge in [0.1, 0.15) is 4.60 Å². The Hall–Kier alpha value is -1.14. The van der Waals surface area contributed by atoms with Gasteiger partial charge in [-0.2, -0.15) is 0 Å². The van der Waals surface area contributed by atoms with E-state index in [1.807, 2.05) is 13.8 Å². The third-order valence-corrected chi connectivity index (χ3v) is 2.97. The lowest BCUT2D eigenvalue weighted by Crippen LogP contribution is -2.32. The largest absolute Gasteiger partial charge is 0.396 e. The van der Waals surface area contributed by atoms with Gasteiger partial charge in [-0.05, 0) is 47.3 Å². The molecule has 1 rings (SSSR count). The summed E-state index contributed by atoms with van der Waals surface area (Å²) in [7, 11) is 0. The Kier molecular flexibility index (Phi) is 6.07. The number of carbonyl (C=O) groups is 1. The molecule has 0 spiro atoms. The van der Waals surface area contributed by atoms with Gasteiger partial charge in [0.25, 0.3) is 0 Å². The molecule has 0 aromatic carbocycles. The van der Waals surface area contributed by atoms with E-state index in [2.05, 4.69) is 31.5 Å². The van der Waals surface area contributed by atoms with Crippen LogP contribution in [0.5, 0.6) is 0 Å². The van der Waals surface area contributed by atoms with E-state index >= 15 is 0 Å². The van der Waals surface area contributed by atoms with Gasteiger partial charge in [0, 0.05) is 13.2 Å². The quantitative estimate of drug-likeness (QED) is 0.730. The predicted molar refractivity (Wildman–Crippen MR) is 74.6 cm³/mol. The van der Waals surface area contributed by atoms with Gasteiger partial charge in [-0.3, -0.25) is 0 Å². The molecule has 1 heterocycles. The van der Waals surface area contributed by atoms with Crippen molar-refractivity contribution in [3.8, 4) is 0 Å². The summed E-state index contributed by atoms with van der Waals surface area (Å²) in [6.07, 6.45) is 0.680. The van der Waals surface area contributed by atoms with Crippen LogP contribution in [0.4, 0.5) is 10.5 Å². The zero-order valence-electron chi connectivity index (χ0n) is 10.5. The highest BCUT2D eigenvalue weighted by atomic mass is 79.9. The Morgan fingerprint density at radius 1 is 1.56 bits per heavy atom. The summed E-state index contributed by atoms with van der Waals surface area (Å²) >= 11 is 3.27. The molecule has 0 bridgehead atoms. The van der Waals surface area contributed by atoms with Crippen LogP contribution in [0.3, 0.4) is 0 Å². The number of halogens is 1. The highest BCUT2D eigenvalue weighted by Crippen LogP contribution is 2.15. The number of nitrogens with zero attached hydrogens (tertiary/aromatic N) is 1. The van der Waals surface area contributed by atoms with Crippen molar-refractivity contribution in [2.45, 2.75) is 20.3 Å². The molecule has 0 aliphatic rings. The van der Waals surface area contributed by atoms with E-state index in [4.69, 9.17) is 5.11 Å². The summed E-state index contributed by atoms with van der Waals surface area (Å²) in [6.45, 7) is 4.48. The van der Waals surface area contributed by atoms with Crippen LogP contribution in [0.2, 0.25) is 0 Å². The topological polar surface area (TPSA) is 74.2 Å². The molecule has 1 aromatic heterocycles. The fourth-order valence-corrected chi connectivity index (χ4v) is 1.82. The van der Waals surface area contributed by atoms with Crippen molar-refractivity contribution in [2.24, 2.45) is 5.92 Å². The number of anilines is 1. The molecule has 100 valence electrons. The van der Waals surface area contributed by atoms with Crippen LogP contribution in [0.1, 0.15) is 19.0 Å². The number of aromatic nitrogens is 1. The zero-order valence-corrected chi connectivity index (χ0v) is 12.1. The standard InChI is InChI=1S/C12H18BrN3O2/c1-8(5-6-17)7-14-12(18)16-10-3-4-11(13)15-9(10)2/h3-4,8,17H,5-7H2,1-2H3,(H2,14,16,18). The minimum atomic E-state index is -0.257. The first-order chi connectivity index (χ1) is 8.52. The predicted octanol–water partition coefficient (Wildman–Crippen LogP) is 2.29. The summed E-state index contributed by atoms with van der Waals surface area (Å²) in [6, 6.07) is 3.31. The van der Waals surface area contributed by atoms with Crippen LogP contribution in [0, 0.1) is 12.8 Å². The molecule has 0 saturated carbocycles. The highest BCUT2D eigenvalue weighted by molar-refractivity contribution is 9.10. The number of urea groups is 1. The Morgan fingerprint density at radius 2 is 2.28 bits per heavy atom. The molecule has 1 atom stereocenters. The van der Waals surface area contributed by atoms with E-state index in [1.165, 1.54) is 0 Å². The first-order valence-electron chi connectivity index (χ1n) is 5.81. The Morgan fingerprint density at radius 3 is 2.89 bits per heavy atom. The maximum absolute atomic E-state index is 11.6. The maximum Gasteiger partial charge on any atom is 0.319 e. The van der Waals surface area contributed by atoms with Crippen LogP contribution >= 0.6 is 15.9 Å². The molecule has 0 radical (unpaired) electrons. The molecule has 3 N–H and O–H groups in total. The number of carbonyl (C=O) groups excluding carboxylic acids is 1. The first kappa shape index (κ1) is 14.9. The molecule has 0 aliphatic carbocycles. The number of aryl methyl sites for hydroxylation is 1. The number of pyridine rings is 1. The lowest BCUT2D eigenvalue weighted by Gasteiger charge is -2.13. The molecule has 0 saturated heterocycles. The number of amides is 2. The summed E-state index contributed by atoms with van der Waals surface area (Å²) in [5.41, 5.74) is 1.44. The number of hydrogen-bond donors (Lipinski definition) is 3. The van der Waals surface area contributed by atoms with Crippen LogP contribution in [0.15, 0.2) is 16.7 Å². The second-order valence-corrected chi connectivity index (χ2v) is 5.03. The van der Waals surface area contributed by atoms with Crippen molar-refractivity contribution in [3.05, 3.63) is 22.4 Å². The monoisotopic (exact) mass is 315 g/mol. The van der Waals surface area contributed by atoms with Gasteiger partial charge in [-0.25, -0.2) is 9.78 Å². The lowest BCUT2D eigenvalue weighted by atomic mass is 10.1. The van der Waals surface area contributed by atoms with E-state index in [0.717, 1.165) is 10.3 Å². The minimum absolute atomic E-state index is 0.139. The molecule has 2 amide bonds. The average molecular weight is 316 g/mol. The third kappa shape index (κ3) is 5.01. The van der Waals surface area contributed by atoms with Gasteiger partial charge >= 0.3 is 6.03 Å². The normalized spacial score (nSPS) is 12.0. The zero-order chi connectivity index (χ0) is 13.5. The molecular formula is C12H18BrN3O2. The number of rotatable bonds is 5. The molecular weight excluding hydrogens is 298 g/mol. The second-order valence-electron chi connectivity index (χ2n) is 4.22. The number of aliphatic hydroxyl groups is 1.